The summed E-state index contributed by atoms with van der Waals surface area (Å²) in [7, 11) is 0. The average molecular weight is 741 g/mol. The summed E-state index contributed by atoms with van der Waals surface area (Å²) < 4.78 is 44.0. The summed E-state index contributed by atoms with van der Waals surface area (Å²) in [6.07, 6.45) is 2.42. The SMILES string of the molecule is CCCc1c(OCCCOc2cc(OCc3ccccc3)c(-c3ccc(F)cc3)cc2CC)ccc2c1CC(C(=O)NCCNC(=O)OC(C)(C)C)OC2. The van der Waals surface area contributed by atoms with Gasteiger partial charge in [-0.2, -0.15) is 0 Å². The number of carbonyl (C=O) groups excluding carboxylic acids is 2. The van der Waals surface area contributed by atoms with E-state index in [9.17, 15) is 14.0 Å². The molecule has 1 heterocycles. The zero-order chi connectivity index (χ0) is 38.5. The van der Waals surface area contributed by atoms with Crippen LogP contribution in [-0.2, 0) is 46.7 Å². The molecular formula is C44H53FN2O7. The number of halogens is 1. The highest BCUT2D eigenvalue weighted by Gasteiger charge is 2.28. The van der Waals surface area contributed by atoms with Gasteiger partial charge in [-0.3, -0.25) is 4.79 Å². The molecule has 10 heteroatoms. The van der Waals surface area contributed by atoms with Crippen LogP contribution in [0.4, 0.5) is 9.18 Å². The Kier molecular flexibility index (Phi) is 14.3. The maximum Gasteiger partial charge on any atom is 0.407 e. The fourth-order valence-corrected chi connectivity index (χ4v) is 6.30. The van der Waals surface area contributed by atoms with Gasteiger partial charge in [0.25, 0.3) is 0 Å². The van der Waals surface area contributed by atoms with Crippen LogP contribution in [0.25, 0.3) is 11.1 Å². The average Bonchev–Trinajstić information content (AvgIpc) is 3.16. The number of hydrogen-bond donors (Lipinski definition) is 2. The van der Waals surface area contributed by atoms with Gasteiger partial charge in [-0.1, -0.05) is 68.8 Å². The topological polar surface area (TPSA) is 104 Å². The fraction of sp³-hybridized carbons (Fsp3) is 0.409. The van der Waals surface area contributed by atoms with Crippen molar-refractivity contribution in [3.05, 3.63) is 112 Å². The maximum absolute atomic E-state index is 13.8. The molecule has 0 saturated heterocycles. The maximum atomic E-state index is 13.8. The Bertz CT molecular complexity index is 1840. The number of nitrogens with one attached hydrogen (secondary N) is 2. The monoisotopic (exact) mass is 740 g/mol. The van der Waals surface area contributed by atoms with E-state index in [2.05, 4.69) is 30.5 Å². The van der Waals surface area contributed by atoms with Crippen molar-refractivity contribution in [3.63, 3.8) is 0 Å². The number of alkyl carbamates (subject to hydrolysis) is 1. The van der Waals surface area contributed by atoms with Crippen LogP contribution in [0.3, 0.4) is 0 Å². The quantitative estimate of drug-likeness (QED) is 0.105. The molecule has 0 radical (unpaired) electrons. The third-order valence-corrected chi connectivity index (χ3v) is 8.94. The van der Waals surface area contributed by atoms with Gasteiger partial charge in [0.2, 0.25) is 5.91 Å². The van der Waals surface area contributed by atoms with Gasteiger partial charge in [0.1, 0.15) is 41.4 Å². The lowest BCUT2D eigenvalue weighted by Gasteiger charge is -2.28. The van der Waals surface area contributed by atoms with E-state index < -0.39 is 17.8 Å². The molecule has 1 unspecified atom stereocenters. The summed E-state index contributed by atoms with van der Waals surface area (Å²) in [6.45, 7) is 11.7. The minimum absolute atomic E-state index is 0.219. The summed E-state index contributed by atoms with van der Waals surface area (Å²) in [6, 6.07) is 24.4. The van der Waals surface area contributed by atoms with Crippen molar-refractivity contribution in [2.75, 3.05) is 26.3 Å². The summed E-state index contributed by atoms with van der Waals surface area (Å²) in [4.78, 5) is 24.9. The van der Waals surface area contributed by atoms with Crippen LogP contribution in [0, 0.1) is 5.82 Å². The first-order valence-corrected chi connectivity index (χ1v) is 18.9. The van der Waals surface area contributed by atoms with Crippen molar-refractivity contribution < 1.29 is 37.7 Å². The number of ether oxygens (including phenoxy) is 5. The predicted molar refractivity (Wildman–Crippen MR) is 208 cm³/mol. The van der Waals surface area contributed by atoms with Crippen molar-refractivity contribution in [3.8, 4) is 28.4 Å². The molecule has 1 aliphatic rings. The van der Waals surface area contributed by atoms with E-state index in [1.165, 1.54) is 12.1 Å². The Morgan fingerprint density at radius 1 is 0.852 bits per heavy atom. The van der Waals surface area contributed by atoms with Gasteiger partial charge in [-0.15, -0.1) is 0 Å². The van der Waals surface area contributed by atoms with E-state index in [0.29, 0.717) is 45.0 Å². The lowest BCUT2D eigenvalue weighted by molar-refractivity contribution is -0.134. The van der Waals surface area contributed by atoms with Crippen molar-refractivity contribution in [2.45, 2.75) is 91.6 Å². The highest BCUT2D eigenvalue weighted by molar-refractivity contribution is 5.81. The van der Waals surface area contributed by atoms with E-state index in [-0.39, 0.29) is 24.8 Å². The van der Waals surface area contributed by atoms with Gasteiger partial charge < -0.3 is 34.3 Å². The Morgan fingerprint density at radius 2 is 1.57 bits per heavy atom. The summed E-state index contributed by atoms with van der Waals surface area (Å²) in [5.41, 5.74) is 6.50. The first kappa shape index (κ1) is 40.1. The first-order valence-electron chi connectivity index (χ1n) is 18.9. The fourth-order valence-electron chi connectivity index (χ4n) is 6.30. The number of carbonyl (C=O) groups is 2. The molecule has 0 spiro atoms. The normalized spacial score (nSPS) is 13.8. The van der Waals surface area contributed by atoms with E-state index in [1.54, 1.807) is 32.9 Å². The second-order valence-corrected chi connectivity index (χ2v) is 14.3. The van der Waals surface area contributed by atoms with Crippen LogP contribution < -0.4 is 24.8 Å². The van der Waals surface area contributed by atoms with Gasteiger partial charge in [0, 0.05) is 37.6 Å². The van der Waals surface area contributed by atoms with Crippen LogP contribution in [0.1, 0.15) is 75.3 Å². The predicted octanol–water partition coefficient (Wildman–Crippen LogP) is 8.52. The van der Waals surface area contributed by atoms with E-state index in [0.717, 1.165) is 69.7 Å². The van der Waals surface area contributed by atoms with E-state index in [1.807, 2.05) is 48.5 Å². The lowest BCUT2D eigenvalue weighted by atomic mass is 9.91. The molecule has 0 bridgehead atoms. The number of amides is 2. The van der Waals surface area contributed by atoms with Crippen molar-refractivity contribution in [1.29, 1.82) is 0 Å². The van der Waals surface area contributed by atoms with Gasteiger partial charge in [0.15, 0.2) is 0 Å². The van der Waals surface area contributed by atoms with Gasteiger partial charge >= 0.3 is 6.09 Å². The van der Waals surface area contributed by atoms with Crippen molar-refractivity contribution >= 4 is 12.0 Å². The summed E-state index contributed by atoms with van der Waals surface area (Å²) >= 11 is 0. The molecule has 2 N–H and O–H groups in total. The molecule has 288 valence electrons. The van der Waals surface area contributed by atoms with E-state index >= 15 is 0 Å². The molecular weight excluding hydrogens is 687 g/mol. The van der Waals surface area contributed by atoms with E-state index in [4.69, 9.17) is 23.7 Å². The van der Waals surface area contributed by atoms with Gasteiger partial charge in [-0.25, -0.2) is 9.18 Å². The van der Waals surface area contributed by atoms with Gasteiger partial charge in [-0.05, 0) is 91.3 Å². The minimum Gasteiger partial charge on any atom is -0.493 e. The summed E-state index contributed by atoms with van der Waals surface area (Å²) in [5.74, 6) is 1.72. The number of rotatable bonds is 17. The first-order chi connectivity index (χ1) is 26.0. The standard InChI is InChI=1S/C44H53FN2O7/c1-6-12-35-36-26-41(42(48)46-21-22-47-43(49)54-44(3,4)5)53-29-33(36)17-20-38(35)50-23-11-24-51-39-27-40(52-28-30-13-9-8-10-14-30)37(25-31(39)7-2)32-15-18-34(45)19-16-32/h8-10,13-20,25,27,41H,6-7,11-12,21-24,26,28-29H2,1-5H3,(H,46,48)(H,47,49). The van der Waals surface area contributed by atoms with Crippen LogP contribution >= 0.6 is 0 Å². The Hall–Kier alpha value is -5.09. The number of benzene rings is 4. The van der Waals surface area contributed by atoms with Crippen LogP contribution in [-0.4, -0.2) is 50.0 Å². The van der Waals surface area contributed by atoms with Crippen molar-refractivity contribution in [2.24, 2.45) is 0 Å². The molecule has 2 amide bonds. The lowest BCUT2D eigenvalue weighted by Crippen LogP contribution is -2.43. The Labute approximate surface area is 318 Å². The molecule has 0 aromatic heterocycles. The molecule has 0 fully saturated rings. The molecule has 0 saturated carbocycles. The third kappa shape index (κ3) is 11.5. The van der Waals surface area contributed by atoms with Crippen LogP contribution in [0.15, 0.2) is 78.9 Å². The highest BCUT2D eigenvalue weighted by atomic mass is 19.1. The number of aryl methyl sites for hydroxylation is 1. The molecule has 1 atom stereocenters. The molecule has 4 aromatic carbocycles. The van der Waals surface area contributed by atoms with Crippen molar-refractivity contribution in [1.82, 2.24) is 10.6 Å². The van der Waals surface area contributed by atoms with Crippen LogP contribution in [0.5, 0.6) is 17.2 Å². The minimum atomic E-state index is -0.637. The number of hydrogen-bond acceptors (Lipinski definition) is 7. The zero-order valence-corrected chi connectivity index (χ0v) is 32.1. The number of fused-ring (bicyclic) bond motifs is 1. The molecule has 1 aliphatic heterocycles. The van der Waals surface area contributed by atoms with Gasteiger partial charge in [0.05, 0.1) is 19.8 Å². The smallest absolute Gasteiger partial charge is 0.407 e. The molecule has 5 rings (SSSR count). The molecule has 0 aliphatic carbocycles. The second-order valence-electron chi connectivity index (χ2n) is 14.3. The van der Waals surface area contributed by atoms with Crippen LogP contribution in [0.2, 0.25) is 0 Å². The molecule has 54 heavy (non-hydrogen) atoms. The second kappa shape index (κ2) is 19.3. The zero-order valence-electron chi connectivity index (χ0n) is 32.1. The third-order valence-electron chi connectivity index (χ3n) is 8.94. The Balaban J connectivity index is 1.19. The Morgan fingerprint density at radius 3 is 2.28 bits per heavy atom. The largest absolute Gasteiger partial charge is 0.493 e. The molecule has 4 aromatic rings. The highest BCUT2D eigenvalue weighted by Crippen LogP contribution is 2.38. The summed E-state index contributed by atoms with van der Waals surface area (Å²) in [5, 5.41) is 5.52. The molecule has 9 nitrogen and oxygen atoms in total.